The van der Waals surface area contributed by atoms with Gasteiger partial charge in [-0.05, 0) is 87.0 Å². The topological polar surface area (TPSA) is 68.3 Å². The van der Waals surface area contributed by atoms with Gasteiger partial charge in [0.25, 0.3) is 5.91 Å². The van der Waals surface area contributed by atoms with E-state index in [4.69, 9.17) is 21.3 Å². The number of aromatic nitrogens is 1. The largest absolute Gasteiger partial charge is 0.452 e. The van der Waals surface area contributed by atoms with Crippen LogP contribution in [-0.4, -0.2) is 29.0 Å². The van der Waals surface area contributed by atoms with Crippen LogP contribution in [0.2, 0.25) is 5.02 Å². The van der Waals surface area contributed by atoms with Gasteiger partial charge >= 0.3 is 5.97 Å². The number of pyridine rings is 1. The van der Waals surface area contributed by atoms with E-state index in [-0.39, 0.29) is 18.1 Å². The Morgan fingerprint density at radius 3 is 2.40 bits per heavy atom. The molecule has 7 rings (SSSR count). The van der Waals surface area contributed by atoms with Crippen LogP contribution in [0.15, 0.2) is 48.5 Å². The van der Waals surface area contributed by atoms with E-state index < -0.39 is 5.97 Å². The highest BCUT2D eigenvalue weighted by molar-refractivity contribution is 6.30. The van der Waals surface area contributed by atoms with Crippen molar-refractivity contribution >= 4 is 34.4 Å². The van der Waals surface area contributed by atoms with Gasteiger partial charge in [0, 0.05) is 21.5 Å². The minimum Gasteiger partial charge on any atom is -0.452 e. The van der Waals surface area contributed by atoms with Gasteiger partial charge in [0.05, 0.1) is 16.8 Å². The SMILES string of the molecule is Cc1c(-c2cccc(Cl)c2)nc2ccccc2c1C(=O)OCC(=O)NC12CC3CC(CC(C3)C1)C2. The van der Waals surface area contributed by atoms with Crippen molar-refractivity contribution in [2.45, 2.75) is 51.0 Å². The van der Waals surface area contributed by atoms with Crippen molar-refractivity contribution in [2.75, 3.05) is 6.61 Å². The molecule has 1 heterocycles. The van der Waals surface area contributed by atoms with Crippen molar-refractivity contribution in [3.63, 3.8) is 0 Å². The summed E-state index contributed by atoms with van der Waals surface area (Å²) in [5.41, 5.74) is 3.24. The smallest absolute Gasteiger partial charge is 0.339 e. The Balaban J connectivity index is 1.24. The molecule has 4 aliphatic carbocycles. The number of amides is 1. The summed E-state index contributed by atoms with van der Waals surface area (Å²) in [5.74, 6) is 1.50. The molecule has 4 saturated carbocycles. The van der Waals surface area contributed by atoms with Gasteiger partial charge in [0.15, 0.2) is 6.61 Å². The van der Waals surface area contributed by atoms with Gasteiger partial charge in [0.2, 0.25) is 0 Å². The summed E-state index contributed by atoms with van der Waals surface area (Å²) in [6.07, 6.45) is 7.13. The van der Waals surface area contributed by atoms with Gasteiger partial charge in [-0.3, -0.25) is 4.79 Å². The van der Waals surface area contributed by atoms with Crippen LogP contribution in [0.4, 0.5) is 0 Å². The number of esters is 1. The van der Waals surface area contributed by atoms with E-state index in [1.807, 2.05) is 49.4 Å². The molecule has 1 amide bonds. The number of benzene rings is 2. The van der Waals surface area contributed by atoms with Crippen LogP contribution in [0.5, 0.6) is 0 Å². The highest BCUT2D eigenvalue weighted by Crippen LogP contribution is 2.55. The number of nitrogens with zero attached hydrogens (tertiary/aromatic N) is 1. The Morgan fingerprint density at radius 1 is 1.03 bits per heavy atom. The first-order valence-corrected chi connectivity index (χ1v) is 12.9. The maximum Gasteiger partial charge on any atom is 0.339 e. The third-order valence-electron chi connectivity index (χ3n) is 8.22. The Labute approximate surface area is 210 Å². The van der Waals surface area contributed by atoms with Gasteiger partial charge in [0.1, 0.15) is 0 Å². The highest BCUT2D eigenvalue weighted by atomic mass is 35.5. The predicted octanol–water partition coefficient (Wildman–Crippen LogP) is 6.11. The van der Waals surface area contributed by atoms with Crippen molar-refractivity contribution in [1.82, 2.24) is 10.3 Å². The lowest BCUT2D eigenvalue weighted by Gasteiger charge is -2.56. The zero-order valence-electron chi connectivity index (χ0n) is 19.9. The van der Waals surface area contributed by atoms with Crippen molar-refractivity contribution in [1.29, 1.82) is 0 Å². The predicted molar refractivity (Wildman–Crippen MR) is 136 cm³/mol. The average molecular weight is 489 g/mol. The zero-order chi connectivity index (χ0) is 24.2. The van der Waals surface area contributed by atoms with Crippen LogP contribution in [0, 0.1) is 24.7 Å². The molecule has 0 aliphatic heterocycles. The summed E-state index contributed by atoms with van der Waals surface area (Å²) in [7, 11) is 0. The summed E-state index contributed by atoms with van der Waals surface area (Å²) in [6.45, 7) is 1.59. The third-order valence-corrected chi connectivity index (χ3v) is 8.45. The van der Waals surface area contributed by atoms with Crippen LogP contribution in [0.1, 0.15) is 54.4 Å². The minimum atomic E-state index is -0.509. The molecule has 4 aliphatic rings. The molecule has 0 atom stereocenters. The molecule has 1 aromatic heterocycles. The van der Waals surface area contributed by atoms with Crippen LogP contribution in [0.25, 0.3) is 22.2 Å². The molecule has 180 valence electrons. The van der Waals surface area contributed by atoms with E-state index in [0.29, 0.717) is 32.7 Å². The third kappa shape index (κ3) is 4.20. The first-order chi connectivity index (χ1) is 16.9. The van der Waals surface area contributed by atoms with Crippen molar-refractivity contribution in [3.8, 4) is 11.3 Å². The van der Waals surface area contributed by atoms with Gasteiger partial charge in [-0.15, -0.1) is 0 Å². The summed E-state index contributed by atoms with van der Waals surface area (Å²) in [6, 6.07) is 14.9. The number of rotatable bonds is 5. The second-order valence-electron chi connectivity index (χ2n) is 10.8. The molecule has 0 unspecified atom stereocenters. The number of carbonyl (C=O) groups excluding carboxylic acids is 2. The van der Waals surface area contributed by atoms with Gasteiger partial charge in [-0.1, -0.05) is 41.9 Å². The summed E-state index contributed by atoms with van der Waals surface area (Å²) >= 11 is 6.22. The average Bonchev–Trinajstić information content (AvgIpc) is 2.81. The van der Waals surface area contributed by atoms with Crippen LogP contribution < -0.4 is 5.32 Å². The molecule has 6 heteroatoms. The summed E-state index contributed by atoms with van der Waals surface area (Å²) in [5, 5.41) is 4.59. The molecule has 2 aromatic carbocycles. The standard InChI is InChI=1S/C29H29ClN2O3/c1-17-26(23-7-2-3-8-24(23)31-27(17)21-5-4-6-22(30)12-21)28(34)35-16-25(33)32-29-13-18-9-19(14-29)11-20(10-18)15-29/h2-8,12,18-20H,9-11,13-16H2,1H3,(H,32,33). The molecule has 5 nitrogen and oxygen atoms in total. The lowest BCUT2D eigenvalue weighted by atomic mass is 9.53. The molecule has 35 heavy (non-hydrogen) atoms. The number of hydrogen-bond acceptors (Lipinski definition) is 4. The first kappa shape index (κ1) is 22.5. The maximum absolute atomic E-state index is 13.3. The van der Waals surface area contributed by atoms with E-state index in [9.17, 15) is 9.59 Å². The lowest BCUT2D eigenvalue weighted by Crippen LogP contribution is -2.60. The van der Waals surface area contributed by atoms with Crippen molar-refractivity contribution < 1.29 is 14.3 Å². The number of nitrogens with one attached hydrogen (secondary N) is 1. The summed E-state index contributed by atoms with van der Waals surface area (Å²) < 4.78 is 5.60. The van der Waals surface area contributed by atoms with Crippen molar-refractivity contribution in [2.24, 2.45) is 17.8 Å². The van der Waals surface area contributed by atoms with Crippen LogP contribution in [-0.2, 0) is 9.53 Å². The quantitative estimate of drug-likeness (QED) is 0.440. The van der Waals surface area contributed by atoms with Crippen molar-refractivity contribution in [3.05, 3.63) is 64.7 Å². The zero-order valence-corrected chi connectivity index (χ0v) is 20.6. The molecule has 4 bridgehead atoms. The monoisotopic (exact) mass is 488 g/mol. The first-order valence-electron chi connectivity index (χ1n) is 12.5. The van der Waals surface area contributed by atoms with E-state index >= 15 is 0 Å². The number of hydrogen-bond donors (Lipinski definition) is 1. The van der Waals surface area contributed by atoms with Gasteiger partial charge in [-0.2, -0.15) is 0 Å². The van der Waals surface area contributed by atoms with Crippen LogP contribution >= 0.6 is 11.6 Å². The number of carbonyl (C=O) groups is 2. The maximum atomic E-state index is 13.3. The normalized spacial score (nSPS) is 26.6. The fourth-order valence-corrected chi connectivity index (χ4v) is 7.48. The summed E-state index contributed by atoms with van der Waals surface area (Å²) in [4.78, 5) is 31.1. The fourth-order valence-electron chi connectivity index (χ4n) is 7.29. The Bertz CT molecular complexity index is 1300. The second kappa shape index (κ2) is 8.63. The Kier molecular flexibility index (Phi) is 5.56. The molecular weight excluding hydrogens is 460 g/mol. The Hall–Kier alpha value is -2.92. The van der Waals surface area contributed by atoms with E-state index in [0.717, 1.165) is 42.6 Å². The molecular formula is C29H29ClN2O3. The number of ether oxygens (including phenoxy) is 1. The van der Waals surface area contributed by atoms with Gasteiger partial charge < -0.3 is 10.1 Å². The van der Waals surface area contributed by atoms with E-state index in [1.165, 1.54) is 19.3 Å². The fraction of sp³-hybridized carbons (Fsp3) is 0.414. The number of para-hydroxylation sites is 1. The molecule has 0 radical (unpaired) electrons. The number of halogens is 1. The molecule has 0 spiro atoms. The van der Waals surface area contributed by atoms with Crippen LogP contribution in [0.3, 0.4) is 0 Å². The van der Waals surface area contributed by atoms with Gasteiger partial charge in [-0.25, -0.2) is 9.78 Å². The van der Waals surface area contributed by atoms with E-state index in [2.05, 4.69) is 5.32 Å². The molecule has 4 fully saturated rings. The van der Waals surface area contributed by atoms with E-state index in [1.54, 1.807) is 6.07 Å². The minimum absolute atomic E-state index is 0.0999. The molecule has 1 N–H and O–H groups in total. The second-order valence-corrected chi connectivity index (χ2v) is 11.2. The Morgan fingerprint density at radius 2 is 1.71 bits per heavy atom. The lowest BCUT2D eigenvalue weighted by molar-refractivity contribution is -0.130. The molecule has 0 saturated heterocycles. The molecule has 3 aromatic rings. The number of fused-ring (bicyclic) bond motifs is 1. The highest BCUT2D eigenvalue weighted by Gasteiger charge is 2.51.